The van der Waals surface area contributed by atoms with Crippen molar-refractivity contribution in [2.45, 2.75) is 171 Å². The number of hydrogen-bond donors (Lipinski definition) is 2. The summed E-state index contributed by atoms with van der Waals surface area (Å²) in [4.78, 5) is 28.9. The van der Waals surface area contributed by atoms with Crippen LogP contribution in [0.2, 0.25) is 0 Å². The van der Waals surface area contributed by atoms with Gasteiger partial charge < -0.3 is 19.9 Å². The maximum atomic E-state index is 14.5. The molecular formula is C37H61NO5. The standard InChI is InChI=1S/C37H61NO5/c1-15-37(30(40)42-25-17-33(7,8)22-34(9,10)18-25,31(41)43-26-19-35(11,12)38-36(13,14)20-26)21-27-23(2)16-28(32(4,5)6)29(39)24(27)3/h16,25-26,38-39H,15,17-22H2,1-14H3. The molecule has 1 unspecified atom stereocenters. The van der Waals surface area contributed by atoms with Gasteiger partial charge >= 0.3 is 11.9 Å². The second-order valence-corrected chi connectivity index (χ2v) is 17.8. The molecule has 1 aromatic carbocycles. The maximum absolute atomic E-state index is 14.5. The lowest BCUT2D eigenvalue weighted by Crippen LogP contribution is -2.60. The van der Waals surface area contributed by atoms with Crippen molar-refractivity contribution in [3.05, 3.63) is 28.3 Å². The molecule has 1 aliphatic heterocycles. The molecule has 0 spiro atoms. The highest BCUT2D eigenvalue weighted by Crippen LogP contribution is 2.48. The third-order valence-electron chi connectivity index (χ3n) is 9.79. The zero-order valence-corrected chi connectivity index (χ0v) is 29.8. The van der Waals surface area contributed by atoms with E-state index in [2.05, 4.69) is 81.5 Å². The molecule has 6 heteroatoms. The summed E-state index contributed by atoms with van der Waals surface area (Å²) in [6.07, 6.45) is 3.62. The first kappa shape index (κ1) is 35.4. The van der Waals surface area contributed by atoms with Gasteiger partial charge in [0.15, 0.2) is 5.41 Å². The highest BCUT2D eigenvalue weighted by molar-refractivity contribution is 6.00. The molecule has 6 nitrogen and oxygen atoms in total. The van der Waals surface area contributed by atoms with Crippen LogP contribution in [-0.2, 0) is 30.9 Å². The van der Waals surface area contributed by atoms with Gasteiger partial charge in [0.25, 0.3) is 0 Å². The van der Waals surface area contributed by atoms with Gasteiger partial charge in [-0.2, -0.15) is 0 Å². The summed E-state index contributed by atoms with van der Waals surface area (Å²) in [5.41, 5.74) is 1.12. The summed E-state index contributed by atoms with van der Waals surface area (Å²) in [5, 5.41) is 14.9. The van der Waals surface area contributed by atoms with Crippen molar-refractivity contribution in [3.8, 4) is 5.75 Å². The average Bonchev–Trinajstić information content (AvgIpc) is 2.76. The molecule has 3 rings (SSSR count). The fourth-order valence-electron chi connectivity index (χ4n) is 8.47. The predicted octanol–water partition coefficient (Wildman–Crippen LogP) is 8.25. The van der Waals surface area contributed by atoms with Crippen LogP contribution in [-0.4, -0.2) is 40.3 Å². The number of aromatic hydroxyl groups is 1. The number of carbonyl (C=O) groups excluding carboxylic acids is 2. The molecule has 2 N–H and O–H groups in total. The Kier molecular flexibility index (Phi) is 9.62. The first-order valence-electron chi connectivity index (χ1n) is 16.4. The second kappa shape index (κ2) is 11.7. The third kappa shape index (κ3) is 8.15. The fraction of sp³-hybridized carbons (Fsp3) is 0.784. The molecule has 1 atom stereocenters. The van der Waals surface area contributed by atoms with E-state index >= 15 is 0 Å². The second-order valence-electron chi connectivity index (χ2n) is 17.8. The molecule has 0 aromatic heterocycles. The van der Waals surface area contributed by atoms with Gasteiger partial charge in [-0.3, -0.25) is 9.59 Å². The van der Waals surface area contributed by atoms with Gasteiger partial charge in [-0.1, -0.05) is 61.5 Å². The molecule has 1 heterocycles. The summed E-state index contributed by atoms with van der Waals surface area (Å²) in [6.45, 7) is 29.3. The van der Waals surface area contributed by atoms with Crippen molar-refractivity contribution in [3.63, 3.8) is 0 Å². The van der Waals surface area contributed by atoms with Gasteiger partial charge in [0, 0.05) is 23.9 Å². The minimum Gasteiger partial charge on any atom is -0.507 e. The van der Waals surface area contributed by atoms with Gasteiger partial charge in [0.05, 0.1) is 0 Å². The molecule has 0 bridgehead atoms. The van der Waals surface area contributed by atoms with Gasteiger partial charge in [-0.15, -0.1) is 0 Å². The van der Waals surface area contributed by atoms with Crippen LogP contribution in [0.3, 0.4) is 0 Å². The van der Waals surface area contributed by atoms with Crippen molar-refractivity contribution in [1.29, 1.82) is 0 Å². The lowest BCUT2D eigenvalue weighted by atomic mass is 9.64. The van der Waals surface area contributed by atoms with Gasteiger partial charge in [0.2, 0.25) is 0 Å². The van der Waals surface area contributed by atoms with Crippen LogP contribution in [0, 0.1) is 30.1 Å². The summed E-state index contributed by atoms with van der Waals surface area (Å²) < 4.78 is 12.7. The number of phenols is 1. The summed E-state index contributed by atoms with van der Waals surface area (Å²) in [7, 11) is 0. The molecule has 0 radical (unpaired) electrons. The molecule has 2 fully saturated rings. The quantitative estimate of drug-likeness (QED) is 0.243. The molecular weight excluding hydrogens is 538 g/mol. The Morgan fingerprint density at radius 2 is 1.30 bits per heavy atom. The minimum atomic E-state index is -1.53. The Morgan fingerprint density at radius 3 is 1.72 bits per heavy atom. The van der Waals surface area contributed by atoms with Crippen LogP contribution in [0.4, 0.5) is 0 Å². The van der Waals surface area contributed by atoms with Crippen molar-refractivity contribution >= 4 is 11.9 Å². The number of aryl methyl sites for hydroxylation is 1. The zero-order chi connectivity index (χ0) is 33.0. The molecule has 43 heavy (non-hydrogen) atoms. The fourth-order valence-corrected chi connectivity index (χ4v) is 8.47. The normalized spacial score (nSPS) is 23.3. The summed E-state index contributed by atoms with van der Waals surface area (Å²) in [5.74, 6) is -0.812. The van der Waals surface area contributed by atoms with Crippen LogP contribution in [0.15, 0.2) is 6.07 Å². The van der Waals surface area contributed by atoms with Crippen LogP contribution in [0.5, 0.6) is 5.75 Å². The third-order valence-corrected chi connectivity index (χ3v) is 9.79. The monoisotopic (exact) mass is 599 g/mol. The van der Waals surface area contributed by atoms with E-state index in [0.29, 0.717) is 18.4 Å². The van der Waals surface area contributed by atoms with E-state index in [1.165, 1.54) is 0 Å². The van der Waals surface area contributed by atoms with Crippen molar-refractivity contribution in [2.75, 3.05) is 0 Å². The van der Waals surface area contributed by atoms with Gasteiger partial charge in [-0.25, -0.2) is 0 Å². The lowest BCUT2D eigenvalue weighted by Gasteiger charge is -2.47. The molecule has 1 aromatic rings. The number of benzene rings is 1. The average molecular weight is 600 g/mol. The first-order chi connectivity index (χ1) is 19.3. The molecule has 1 saturated heterocycles. The van der Waals surface area contributed by atoms with Crippen LogP contribution in [0.1, 0.15) is 144 Å². The predicted molar refractivity (Wildman–Crippen MR) is 174 cm³/mol. The van der Waals surface area contributed by atoms with E-state index < -0.39 is 17.4 Å². The first-order valence-corrected chi connectivity index (χ1v) is 16.4. The summed E-state index contributed by atoms with van der Waals surface area (Å²) in [6, 6.07) is 2.00. The number of phenolic OH excluding ortho intramolecular Hbond substituents is 1. The molecule has 244 valence electrons. The number of hydrogen-bond acceptors (Lipinski definition) is 6. The molecule has 1 saturated carbocycles. The molecule has 1 aliphatic carbocycles. The largest absolute Gasteiger partial charge is 0.507 e. The highest BCUT2D eigenvalue weighted by Gasteiger charge is 2.52. The van der Waals surface area contributed by atoms with E-state index in [9.17, 15) is 14.7 Å². The van der Waals surface area contributed by atoms with Crippen LogP contribution < -0.4 is 5.32 Å². The molecule has 2 aliphatic rings. The van der Waals surface area contributed by atoms with E-state index in [1.807, 2.05) is 26.8 Å². The van der Waals surface area contributed by atoms with Gasteiger partial charge in [-0.05, 0) is 112 Å². The number of piperidine rings is 1. The number of ether oxygens (including phenoxy) is 2. The van der Waals surface area contributed by atoms with Crippen molar-refractivity contribution < 1.29 is 24.2 Å². The maximum Gasteiger partial charge on any atom is 0.324 e. The van der Waals surface area contributed by atoms with E-state index in [-0.39, 0.29) is 58.1 Å². The van der Waals surface area contributed by atoms with E-state index in [0.717, 1.165) is 36.0 Å². The lowest BCUT2D eigenvalue weighted by molar-refractivity contribution is -0.184. The number of rotatable bonds is 7. The number of nitrogens with one attached hydrogen (secondary N) is 1. The van der Waals surface area contributed by atoms with E-state index in [1.54, 1.807) is 0 Å². The Hall–Kier alpha value is -2.08. The Morgan fingerprint density at radius 1 is 0.860 bits per heavy atom. The minimum absolute atomic E-state index is 0.0239. The zero-order valence-electron chi connectivity index (χ0n) is 29.8. The van der Waals surface area contributed by atoms with Crippen LogP contribution >= 0.6 is 0 Å². The summed E-state index contributed by atoms with van der Waals surface area (Å²) >= 11 is 0. The number of esters is 2. The Bertz CT molecular complexity index is 1130. The van der Waals surface area contributed by atoms with Crippen molar-refractivity contribution in [2.24, 2.45) is 16.2 Å². The van der Waals surface area contributed by atoms with E-state index in [4.69, 9.17) is 9.47 Å². The highest BCUT2D eigenvalue weighted by atomic mass is 16.6. The smallest absolute Gasteiger partial charge is 0.324 e. The Balaban J connectivity index is 2.07. The van der Waals surface area contributed by atoms with Gasteiger partial charge in [0.1, 0.15) is 18.0 Å². The van der Waals surface area contributed by atoms with Crippen LogP contribution in [0.25, 0.3) is 0 Å². The Labute approximate surface area is 262 Å². The number of carbonyl (C=O) groups is 2. The SMILES string of the molecule is CCC(Cc1c(C)cc(C(C)(C)C)c(O)c1C)(C(=O)OC1CC(C)(C)CC(C)(C)C1)C(=O)OC1CC(C)(C)NC(C)(C)C1. The topological polar surface area (TPSA) is 84.9 Å². The molecule has 0 amide bonds. The van der Waals surface area contributed by atoms with Crippen molar-refractivity contribution in [1.82, 2.24) is 5.32 Å².